The number of ether oxygens (including phenoxy) is 3. The molecule has 0 bridgehead atoms. The van der Waals surface area contributed by atoms with Gasteiger partial charge in [-0.1, -0.05) is 18.2 Å². The van der Waals surface area contributed by atoms with E-state index in [0.29, 0.717) is 36.4 Å². The van der Waals surface area contributed by atoms with Gasteiger partial charge in [-0.15, -0.1) is 5.06 Å². The van der Waals surface area contributed by atoms with Gasteiger partial charge in [0.25, 0.3) is 17.6 Å². The van der Waals surface area contributed by atoms with Crippen LogP contribution in [0.3, 0.4) is 0 Å². The van der Waals surface area contributed by atoms with Crippen LogP contribution in [0.2, 0.25) is 0 Å². The Kier molecular flexibility index (Phi) is 8.94. The Bertz CT molecular complexity index is 1630. The fourth-order valence-corrected chi connectivity index (χ4v) is 5.08. The smallest absolute Gasteiger partial charge is 0.410 e. The van der Waals surface area contributed by atoms with E-state index in [-0.39, 0.29) is 23.8 Å². The van der Waals surface area contributed by atoms with Crippen LogP contribution in [0.1, 0.15) is 62.3 Å². The molecule has 1 unspecified atom stereocenters. The molecule has 2 aromatic carbocycles. The molecule has 1 N–H and O–H groups in total. The van der Waals surface area contributed by atoms with Gasteiger partial charge in [-0.3, -0.25) is 14.9 Å². The number of amides is 3. The zero-order valence-electron chi connectivity index (χ0n) is 27.3. The van der Waals surface area contributed by atoms with Crippen LogP contribution in [0.15, 0.2) is 54.7 Å². The number of imide groups is 1. The summed E-state index contributed by atoms with van der Waals surface area (Å²) in [5.41, 5.74) is -0.953. The van der Waals surface area contributed by atoms with Gasteiger partial charge in [0.1, 0.15) is 23.6 Å². The molecule has 1 aromatic heterocycles. The molecular weight excluding hydrogens is 592 g/mol. The lowest BCUT2D eigenvalue weighted by atomic mass is 10.0. The van der Waals surface area contributed by atoms with Crippen LogP contribution in [0, 0.1) is 5.92 Å². The number of nitrogens with one attached hydrogen (secondary N) is 1. The summed E-state index contributed by atoms with van der Waals surface area (Å²) in [6.45, 7) is 12.4. The molecule has 244 valence electrons. The molecule has 2 aliphatic heterocycles. The highest BCUT2D eigenvalue weighted by Gasteiger charge is 2.41. The number of hydrogen-bond donors (Lipinski definition) is 1. The SMILES string of the molecule is C[n+]1cc2cc(OCC(ON3C(=O)c4ccccc4C3=O)C(=O)OC(C)(C)C)ccc2cc1NCC1CN(C(=O)OC(C)(C)C)C1. The van der Waals surface area contributed by atoms with Gasteiger partial charge in [0.05, 0.1) is 30.9 Å². The quantitative estimate of drug-likeness (QED) is 0.209. The van der Waals surface area contributed by atoms with Crippen LogP contribution >= 0.6 is 0 Å². The average Bonchev–Trinajstić information content (AvgIpc) is 3.17. The number of hydroxylamine groups is 2. The first-order valence-electron chi connectivity index (χ1n) is 15.2. The Morgan fingerprint density at radius 1 is 0.913 bits per heavy atom. The molecule has 0 spiro atoms. The summed E-state index contributed by atoms with van der Waals surface area (Å²) >= 11 is 0. The number of likely N-dealkylation sites (tertiary alicyclic amines) is 1. The minimum absolute atomic E-state index is 0.197. The van der Waals surface area contributed by atoms with Crippen molar-refractivity contribution in [1.82, 2.24) is 9.96 Å². The second-order valence-corrected chi connectivity index (χ2v) is 13.6. The molecule has 3 aromatic rings. The van der Waals surface area contributed by atoms with Gasteiger partial charge in [0.15, 0.2) is 0 Å². The Labute approximate surface area is 268 Å². The van der Waals surface area contributed by atoms with Gasteiger partial charge in [-0.25, -0.2) is 19.0 Å². The van der Waals surface area contributed by atoms with Crippen LogP contribution in [0.5, 0.6) is 5.75 Å². The van der Waals surface area contributed by atoms with E-state index >= 15 is 0 Å². The lowest BCUT2D eigenvalue weighted by Crippen LogP contribution is -2.53. The maximum absolute atomic E-state index is 13.1. The van der Waals surface area contributed by atoms with Crippen molar-refractivity contribution in [2.24, 2.45) is 13.0 Å². The first-order chi connectivity index (χ1) is 21.6. The number of rotatable bonds is 9. The van der Waals surface area contributed by atoms with Gasteiger partial charge in [0.2, 0.25) is 6.10 Å². The minimum atomic E-state index is -1.39. The number of esters is 1. The maximum atomic E-state index is 13.1. The van der Waals surface area contributed by atoms with Crippen LogP contribution in [-0.2, 0) is 26.2 Å². The van der Waals surface area contributed by atoms with Gasteiger partial charge < -0.3 is 19.1 Å². The summed E-state index contributed by atoms with van der Waals surface area (Å²) in [6, 6.07) is 13.9. The predicted octanol–water partition coefficient (Wildman–Crippen LogP) is 4.26. The number of carbonyl (C=O) groups excluding carboxylic acids is 4. The van der Waals surface area contributed by atoms with Crippen LogP contribution < -0.4 is 14.6 Å². The fraction of sp³-hybridized carbons (Fsp3) is 0.441. The molecule has 3 heterocycles. The molecule has 0 radical (unpaired) electrons. The third-order valence-corrected chi connectivity index (χ3v) is 7.30. The minimum Gasteiger partial charge on any atom is -0.490 e. The van der Waals surface area contributed by atoms with Crippen molar-refractivity contribution in [3.8, 4) is 5.75 Å². The summed E-state index contributed by atoms with van der Waals surface area (Å²) in [5, 5.41) is 5.92. The number of aromatic nitrogens is 1. The first-order valence-corrected chi connectivity index (χ1v) is 15.2. The third-order valence-electron chi connectivity index (χ3n) is 7.30. The van der Waals surface area contributed by atoms with Crippen molar-refractivity contribution in [2.45, 2.75) is 58.8 Å². The molecular formula is C34H41N4O8+. The molecule has 12 nitrogen and oxygen atoms in total. The number of anilines is 1. The molecule has 2 aliphatic rings. The van der Waals surface area contributed by atoms with Crippen molar-refractivity contribution < 1.29 is 42.8 Å². The normalized spacial score (nSPS) is 15.8. The molecule has 1 fully saturated rings. The number of hydrogen-bond acceptors (Lipinski definition) is 9. The van der Waals surface area contributed by atoms with E-state index in [9.17, 15) is 19.2 Å². The van der Waals surface area contributed by atoms with Crippen molar-refractivity contribution in [1.29, 1.82) is 0 Å². The summed E-state index contributed by atoms with van der Waals surface area (Å²) in [4.78, 5) is 58.4. The van der Waals surface area contributed by atoms with E-state index in [1.807, 2.05) is 56.8 Å². The van der Waals surface area contributed by atoms with Gasteiger partial charge in [0, 0.05) is 30.5 Å². The molecule has 1 atom stereocenters. The third kappa shape index (κ3) is 7.56. The van der Waals surface area contributed by atoms with E-state index in [0.717, 1.165) is 16.6 Å². The number of aryl methyl sites for hydroxylation is 1. The first kappa shape index (κ1) is 32.7. The number of fused-ring (bicyclic) bond motifs is 2. The largest absolute Gasteiger partial charge is 0.490 e. The van der Waals surface area contributed by atoms with Gasteiger partial charge in [-0.2, -0.15) is 0 Å². The second kappa shape index (κ2) is 12.6. The van der Waals surface area contributed by atoms with Gasteiger partial charge in [-0.05, 0) is 71.2 Å². The highest BCUT2D eigenvalue weighted by molar-refractivity contribution is 6.20. The van der Waals surface area contributed by atoms with Crippen molar-refractivity contribution >= 4 is 40.5 Å². The van der Waals surface area contributed by atoms with Crippen LogP contribution in [0.4, 0.5) is 10.6 Å². The lowest BCUT2D eigenvalue weighted by molar-refractivity contribution is -0.655. The van der Waals surface area contributed by atoms with Crippen LogP contribution in [0.25, 0.3) is 10.8 Å². The molecule has 1 saturated heterocycles. The fourth-order valence-electron chi connectivity index (χ4n) is 5.08. The van der Waals surface area contributed by atoms with Crippen molar-refractivity contribution in [3.63, 3.8) is 0 Å². The molecule has 0 saturated carbocycles. The van der Waals surface area contributed by atoms with Crippen LogP contribution in [-0.4, -0.2) is 77.4 Å². The molecule has 3 amide bonds. The Hall–Kier alpha value is -4.71. The van der Waals surface area contributed by atoms with E-state index in [4.69, 9.17) is 19.0 Å². The Morgan fingerprint density at radius 2 is 1.54 bits per heavy atom. The maximum Gasteiger partial charge on any atom is 0.410 e. The highest BCUT2D eigenvalue weighted by Crippen LogP contribution is 2.26. The van der Waals surface area contributed by atoms with E-state index in [1.165, 1.54) is 12.1 Å². The monoisotopic (exact) mass is 633 g/mol. The summed E-state index contributed by atoms with van der Waals surface area (Å²) in [6.07, 6.45) is 0.280. The van der Waals surface area contributed by atoms with Gasteiger partial charge >= 0.3 is 12.1 Å². The standard InChI is InChI=1S/C34H40N4O8/c1-33(2,3)44-31(41)27(46-38-29(39)25-10-8-9-11-26(25)30(38)40)20-43-24-13-12-22-15-28(36(7)19-23(22)14-24)35-16-21-17-37(18-21)32(42)45-34(4,5)6/h8-15,19,21,27H,16-18,20H2,1-7H3/p+1. The molecule has 5 rings (SSSR count). The summed E-state index contributed by atoms with van der Waals surface area (Å²) < 4.78 is 18.9. The number of carbonyl (C=O) groups is 4. The van der Waals surface area contributed by atoms with E-state index in [2.05, 4.69) is 5.32 Å². The van der Waals surface area contributed by atoms with Crippen molar-refractivity contribution in [2.75, 3.05) is 31.6 Å². The topological polar surface area (TPSA) is 128 Å². The summed E-state index contributed by atoms with van der Waals surface area (Å²) in [7, 11) is 1.93. The molecule has 46 heavy (non-hydrogen) atoms. The van der Waals surface area contributed by atoms with Crippen molar-refractivity contribution in [3.05, 3.63) is 65.9 Å². The zero-order chi connectivity index (χ0) is 33.4. The molecule has 0 aliphatic carbocycles. The zero-order valence-corrected chi connectivity index (χ0v) is 27.3. The average molecular weight is 634 g/mol. The second-order valence-electron chi connectivity index (χ2n) is 13.6. The lowest BCUT2D eigenvalue weighted by Gasteiger charge is -2.38. The number of nitrogens with zero attached hydrogens (tertiary/aromatic N) is 3. The predicted molar refractivity (Wildman–Crippen MR) is 168 cm³/mol. The number of pyridine rings is 1. The van der Waals surface area contributed by atoms with E-state index < -0.39 is 35.1 Å². The summed E-state index contributed by atoms with van der Waals surface area (Å²) in [5.74, 6) is -0.392. The Morgan fingerprint density at radius 3 is 2.15 bits per heavy atom. The molecule has 12 heteroatoms. The van der Waals surface area contributed by atoms with E-state index in [1.54, 1.807) is 43.9 Å². The number of benzene rings is 2. The highest BCUT2D eigenvalue weighted by atomic mass is 16.7. The Balaban J connectivity index is 1.22.